The Labute approximate surface area is 178 Å². The van der Waals surface area contributed by atoms with Crippen molar-refractivity contribution in [3.8, 4) is 11.4 Å². The summed E-state index contributed by atoms with van der Waals surface area (Å²) < 4.78 is 15.9. The van der Waals surface area contributed by atoms with Crippen molar-refractivity contribution in [2.75, 3.05) is 6.54 Å². The first-order valence-electron chi connectivity index (χ1n) is 10.4. The van der Waals surface area contributed by atoms with Gasteiger partial charge in [-0.3, -0.25) is 14.9 Å². The zero-order chi connectivity index (χ0) is 22.1. The van der Waals surface area contributed by atoms with Gasteiger partial charge in [-0.1, -0.05) is 19.8 Å². The van der Waals surface area contributed by atoms with Crippen LogP contribution in [0, 0.1) is 15.9 Å². The molecule has 1 saturated heterocycles. The monoisotopic (exact) mass is 426 g/mol. The fraction of sp³-hybridized carbons (Fsp3) is 0.429. The Balaban J connectivity index is 1.75. The number of rotatable bonds is 4. The summed E-state index contributed by atoms with van der Waals surface area (Å²) in [6.45, 7) is 4.67. The van der Waals surface area contributed by atoms with Crippen molar-refractivity contribution in [1.29, 1.82) is 0 Å². The van der Waals surface area contributed by atoms with E-state index in [2.05, 4.69) is 22.0 Å². The third-order valence-electron chi connectivity index (χ3n) is 5.69. The maximum absolute atomic E-state index is 14.5. The SMILES string of the molecule is CCc1cc(C(=O)N2CCCCCC2C)nc2nc(-c3ccc([N+](=O)[O-])cc3F)nn12. The molecule has 162 valence electrons. The standard InChI is InChI=1S/C21H23FN6O3/c1-3-14-12-18(20(29)26-10-6-4-5-7-13(26)2)23-21-24-19(25-27(14)21)16-9-8-15(28(30)31)11-17(16)22/h8-9,11-13H,3-7,10H2,1-2H3. The summed E-state index contributed by atoms with van der Waals surface area (Å²) in [4.78, 5) is 34.0. The first-order chi connectivity index (χ1) is 14.9. The molecule has 1 unspecified atom stereocenters. The van der Waals surface area contributed by atoms with Crippen LogP contribution in [0.4, 0.5) is 10.1 Å². The molecular weight excluding hydrogens is 403 g/mol. The van der Waals surface area contributed by atoms with Crippen LogP contribution < -0.4 is 0 Å². The van der Waals surface area contributed by atoms with Crippen molar-refractivity contribution in [2.45, 2.75) is 52.0 Å². The van der Waals surface area contributed by atoms with E-state index in [1.807, 2.05) is 11.8 Å². The van der Waals surface area contributed by atoms with E-state index >= 15 is 0 Å². The minimum Gasteiger partial charge on any atom is -0.335 e. The number of hydrogen-bond donors (Lipinski definition) is 0. The van der Waals surface area contributed by atoms with E-state index in [0.717, 1.165) is 37.4 Å². The molecule has 0 bridgehead atoms. The summed E-state index contributed by atoms with van der Waals surface area (Å²) in [7, 11) is 0. The van der Waals surface area contributed by atoms with E-state index in [1.165, 1.54) is 16.6 Å². The predicted octanol–water partition coefficient (Wildman–Crippen LogP) is 3.81. The van der Waals surface area contributed by atoms with Gasteiger partial charge in [0.05, 0.1) is 16.6 Å². The van der Waals surface area contributed by atoms with Gasteiger partial charge < -0.3 is 4.90 Å². The first-order valence-corrected chi connectivity index (χ1v) is 10.4. The zero-order valence-corrected chi connectivity index (χ0v) is 17.4. The number of nitro benzene ring substituents is 1. The molecule has 1 amide bonds. The van der Waals surface area contributed by atoms with E-state index in [1.54, 1.807) is 6.07 Å². The smallest absolute Gasteiger partial charge is 0.272 e. The number of nitro groups is 1. The summed E-state index contributed by atoms with van der Waals surface area (Å²) in [6, 6.07) is 5.16. The Morgan fingerprint density at radius 2 is 2.06 bits per heavy atom. The number of fused-ring (bicyclic) bond motifs is 1. The van der Waals surface area contributed by atoms with Gasteiger partial charge in [0.15, 0.2) is 5.82 Å². The second-order valence-corrected chi connectivity index (χ2v) is 7.75. The van der Waals surface area contributed by atoms with Crippen LogP contribution in [0.1, 0.15) is 55.7 Å². The van der Waals surface area contributed by atoms with Crippen LogP contribution in [-0.2, 0) is 6.42 Å². The van der Waals surface area contributed by atoms with Crippen LogP contribution in [0.2, 0.25) is 0 Å². The van der Waals surface area contributed by atoms with Gasteiger partial charge in [0.25, 0.3) is 17.4 Å². The number of benzene rings is 1. The molecule has 4 rings (SSSR count). The normalized spacial score (nSPS) is 17.0. The molecule has 1 atom stereocenters. The fourth-order valence-electron chi connectivity index (χ4n) is 3.93. The summed E-state index contributed by atoms with van der Waals surface area (Å²) in [6.07, 6.45) is 4.71. The third kappa shape index (κ3) is 3.97. The van der Waals surface area contributed by atoms with Gasteiger partial charge in [0, 0.05) is 24.3 Å². The molecule has 10 heteroatoms. The van der Waals surface area contributed by atoms with Gasteiger partial charge in [-0.25, -0.2) is 13.9 Å². The van der Waals surface area contributed by atoms with Gasteiger partial charge in [-0.05, 0) is 38.3 Å². The van der Waals surface area contributed by atoms with Gasteiger partial charge in [-0.2, -0.15) is 4.98 Å². The highest BCUT2D eigenvalue weighted by atomic mass is 19.1. The molecule has 1 aromatic carbocycles. The second-order valence-electron chi connectivity index (χ2n) is 7.75. The third-order valence-corrected chi connectivity index (χ3v) is 5.69. The Morgan fingerprint density at radius 1 is 1.26 bits per heavy atom. The number of halogens is 1. The lowest BCUT2D eigenvalue weighted by Gasteiger charge is -2.26. The molecule has 1 aliphatic heterocycles. The number of hydrogen-bond acceptors (Lipinski definition) is 6. The number of carbonyl (C=O) groups is 1. The number of aryl methyl sites for hydroxylation is 1. The van der Waals surface area contributed by atoms with Crippen LogP contribution in [0.25, 0.3) is 17.2 Å². The summed E-state index contributed by atoms with van der Waals surface area (Å²) in [5.74, 6) is -0.684. The molecule has 0 saturated carbocycles. The molecule has 0 N–H and O–H groups in total. The van der Waals surface area contributed by atoms with Crippen molar-refractivity contribution in [3.05, 3.63) is 51.6 Å². The first kappa shape index (κ1) is 20.8. The Bertz CT molecular complexity index is 1160. The van der Waals surface area contributed by atoms with Crippen LogP contribution in [-0.4, -0.2) is 47.9 Å². The van der Waals surface area contributed by atoms with Gasteiger partial charge in [0.2, 0.25) is 0 Å². The Hall–Kier alpha value is -3.43. The molecule has 0 radical (unpaired) electrons. The van der Waals surface area contributed by atoms with Crippen molar-refractivity contribution < 1.29 is 14.1 Å². The lowest BCUT2D eigenvalue weighted by molar-refractivity contribution is -0.385. The topological polar surface area (TPSA) is 107 Å². The minimum atomic E-state index is -0.794. The van der Waals surface area contributed by atoms with E-state index in [9.17, 15) is 19.3 Å². The number of nitrogens with zero attached hydrogens (tertiary/aromatic N) is 6. The quantitative estimate of drug-likeness (QED) is 0.464. The predicted molar refractivity (Wildman–Crippen MR) is 111 cm³/mol. The van der Waals surface area contributed by atoms with E-state index in [0.29, 0.717) is 18.7 Å². The van der Waals surface area contributed by atoms with Gasteiger partial charge in [-0.15, -0.1) is 5.10 Å². The van der Waals surface area contributed by atoms with Crippen LogP contribution in [0.15, 0.2) is 24.3 Å². The Morgan fingerprint density at radius 3 is 2.77 bits per heavy atom. The molecule has 3 heterocycles. The lowest BCUT2D eigenvalue weighted by atomic mass is 10.1. The highest BCUT2D eigenvalue weighted by Gasteiger charge is 2.26. The molecule has 1 fully saturated rings. The minimum absolute atomic E-state index is 0.0344. The van der Waals surface area contributed by atoms with Crippen molar-refractivity contribution in [1.82, 2.24) is 24.5 Å². The summed E-state index contributed by atoms with van der Waals surface area (Å²) in [5.41, 5.74) is 0.696. The van der Waals surface area contributed by atoms with E-state index < -0.39 is 10.7 Å². The van der Waals surface area contributed by atoms with E-state index in [4.69, 9.17) is 0 Å². The zero-order valence-electron chi connectivity index (χ0n) is 17.4. The molecule has 1 aliphatic rings. The maximum Gasteiger partial charge on any atom is 0.272 e. The number of non-ortho nitro benzene ring substituents is 1. The summed E-state index contributed by atoms with van der Waals surface area (Å²) >= 11 is 0. The van der Waals surface area contributed by atoms with Crippen LogP contribution in [0.5, 0.6) is 0 Å². The lowest BCUT2D eigenvalue weighted by Crippen LogP contribution is -2.38. The van der Waals surface area contributed by atoms with Crippen molar-refractivity contribution >= 4 is 17.4 Å². The molecule has 0 spiro atoms. The fourth-order valence-corrected chi connectivity index (χ4v) is 3.93. The molecule has 0 aliphatic carbocycles. The number of aromatic nitrogens is 4. The Kier molecular flexibility index (Phi) is 5.62. The summed E-state index contributed by atoms with van der Waals surface area (Å²) in [5, 5.41) is 15.2. The molecule has 9 nitrogen and oxygen atoms in total. The van der Waals surface area contributed by atoms with Crippen LogP contribution in [0.3, 0.4) is 0 Å². The molecule has 31 heavy (non-hydrogen) atoms. The maximum atomic E-state index is 14.5. The second kappa shape index (κ2) is 8.37. The average molecular weight is 426 g/mol. The van der Waals surface area contributed by atoms with Gasteiger partial charge in [0.1, 0.15) is 11.5 Å². The highest BCUT2D eigenvalue weighted by Crippen LogP contribution is 2.25. The van der Waals surface area contributed by atoms with Gasteiger partial charge >= 0.3 is 0 Å². The average Bonchev–Trinajstić information content (AvgIpc) is 3.06. The van der Waals surface area contributed by atoms with E-state index in [-0.39, 0.29) is 34.8 Å². The largest absolute Gasteiger partial charge is 0.335 e. The van der Waals surface area contributed by atoms with Crippen LogP contribution >= 0.6 is 0 Å². The molecule has 2 aromatic heterocycles. The van der Waals surface area contributed by atoms with Crippen molar-refractivity contribution in [2.24, 2.45) is 0 Å². The number of amides is 1. The van der Waals surface area contributed by atoms with Crippen molar-refractivity contribution in [3.63, 3.8) is 0 Å². The highest BCUT2D eigenvalue weighted by molar-refractivity contribution is 5.93. The molecular formula is C21H23FN6O3. The number of likely N-dealkylation sites (tertiary alicyclic amines) is 1. The number of carbonyl (C=O) groups excluding carboxylic acids is 1. The molecule has 3 aromatic rings.